The van der Waals surface area contributed by atoms with E-state index < -0.39 is 0 Å². The Morgan fingerprint density at radius 2 is 1.62 bits per heavy atom. The molecule has 1 fully saturated rings. The van der Waals surface area contributed by atoms with Crippen molar-refractivity contribution in [3.8, 4) is 0 Å². The molecule has 0 spiro atoms. The average molecular weight is 453 g/mol. The van der Waals surface area contributed by atoms with E-state index in [-0.39, 0.29) is 24.0 Å². The maximum atomic E-state index is 4.34. The molecule has 5 nitrogen and oxygen atoms in total. The van der Waals surface area contributed by atoms with Crippen molar-refractivity contribution in [3.05, 3.63) is 0 Å². The Morgan fingerprint density at radius 1 is 1.08 bits per heavy atom. The van der Waals surface area contributed by atoms with Gasteiger partial charge in [0.15, 0.2) is 5.96 Å². The van der Waals surface area contributed by atoms with Gasteiger partial charge in [0.2, 0.25) is 0 Å². The van der Waals surface area contributed by atoms with Gasteiger partial charge in [-0.15, -0.1) is 24.0 Å². The Morgan fingerprint density at radius 3 is 2.12 bits per heavy atom. The van der Waals surface area contributed by atoms with Crippen LogP contribution < -0.4 is 10.6 Å². The fourth-order valence-corrected chi connectivity index (χ4v) is 3.38. The molecule has 0 aromatic heterocycles. The van der Waals surface area contributed by atoms with Crippen LogP contribution >= 0.6 is 24.0 Å². The molecule has 0 amide bonds. The van der Waals surface area contributed by atoms with Crippen molar-refractivity contribution in [3.63, 3.8) is 0 Å². The zero-order chi connectivity index (χ0) is 17.2. The first-order valence-corrected chi connectivity index (χ1v) is 9.32. The van der Waals surface area contributed by atoms with Crippen LogP contribution in [-0.4, -0.2) is 74.7 Å². The molecule has 0 bridgehead atoms. The van der Waals surface area contributed by atoms with Crippen LogP contribution in [-0.2, 0) is 0 Å². The third-order valence-corrected chi connectivity index (χ3v) is 4.90. The summed E-state index contributed by atoms with van der Waals surface area (Å²) in [5.74, 6) is 1.81. The van der Waals surface area contributed by atoms with Gasteiger partial charge >= 0.3 is 0 Å². The highest BCUT2D eigenvalue weighted by Crippen LogP contribution is 2.18. The molecule has 1 rings (SSSR count). The minimum Gasteiger partial charge on any atom is -0.356 e. The van der Waals surface area contributed by atoms with Crippen LogP contribution in [0.3, 0.4) is 0 Å². The summed E-state index contributed by atoms with van der Waals surface area (Å²) < 4.78 is 0. The minimum atomic E-state index is 0. The van der Waals surface area contributed by atoms with Crippen molar-refractivity contribution in [2.45, 2.75) is 59.0 Å². The highest BCUT2D eigenvalue weighted by molar-refractivity contribution is 14.0. The standard InChI is InChI=1S/C18H39N5.HI/c1-15(2)23(16(3)4)14-11-21-18(19-5)20-10-7-17-8-12-22(6)13-9-17;/h15-17H,7-14H2,1-6H3,(H2,19,20,21);1H. The number of halogens is 1. The summed E-state index contributed by atoms with van der Waals surface area (Å²) >= 11 is 0. The Balaban J connectivity index is 0.00000529. The molecule has 0 aliphatic carbocycles. The predicted octanol–water partition coefficient (Wildman–Crippen LogP) is 2.62. The van der Waals surface area contributed by atoms with E-state index in [2.05, 4.69) is 60.2 Å². The molecule has 6 heteroatoms. The number of aliphatic imine (C=N–C) groups is 1. The molecule has 0 saturated carbocycles. The SMILES string of the molecule is CN=C(NCCC1CCN(C)CC1)NCCN(C(C)C)C(C)C.I. The zero-order valence-electron chi connectivity index (χ0n) is 16.6. The summed E-state index contributed by atoms with van der Waals surface area (Å²) in [6, 6.07) is 1.16. The van der Waals surface area contributed by atoms with E-state index in [1.54, 1.807) is 0 Å². The number of likely N-dealkylation sites (tertiary alicyclic amines) is 1. The molecule has 1 heterocycles. The quantitative estimate of drug-likeness (QED) is 0.337. The van der Waals surface area contributed by atoms with Gasteiger partial charge in [0.25, 0.3) is 0 Å². The monoisotopic (exact) mass is 453 g/mol. The summed E-state index contributed by atoms with van der Waals surface area (Å²) in [6.45, 7) is 14.5. The molecule has 24 heavy (non-hydrogen) atoms. The van der Waals surface area contributed by atoms with Gasteiger partial charge < -0.3 is 15.5 Å². The number of nitrogens with one attached hydrogen (secondary N) is 2. The van der Waals surface area contributed by atoms with Crippen molar-refractivity contribution >= 4 is 29.9 Å². The molecule has 144 valence electrons. The molecule has 0 atom stereocenters. The Labute approximate surface area is 167 Å². The van der Waals surface area contributed by atoms with Crippen molar-refractivity contribution in [2.24, 2.45) is 10.9 Å². The van der Waals surface area contributed by atoms with Gasteiger partial charge in [0, 0.05) is 38.8 Å². The number of hydrogen-bond donors (Lipinski definition) is 2. The summed E-state index contributed by atoms with van der Waals surface area (Å²) in [5.41, 5.74) is 0. The lowest BCUT2D eigenvalue weighted by molar-refractivity contribution is 0.178. The lowest BCUT2D eigenvalue weighted by Gasteiger charge is -2.31. The fraction of sp³-hybridized carbons (Fsp3) is 0.944. The number of piperidine rings is 1. The van der Waals surface area contributed by atoms with Gasteiger partial charge in [-0.05, 0) is 73.0 Å². The number of nitrogens with zero attached hydrogens (tertiary/aromatic N) is 3. The Hall–Kier alpha value is -0.0800. The topological polar surface area (TPSA) is 42.9 Å². The van der Waals surface area contributed by atoms with E-state index in [1.807, 2.05) is 7.05 Å². The molecule has 1 aliphatic rings. The van der Waals surface area contributed by atoms with E-state index in [0.29, 0.717) is 12.1 Å². The van der Waals surface area contributed by atoms with Crippen LogP contribution in [0.25, 0.3) is 0 Å². The average Bonchev–Trinajstić information content (AvgIpc) is 2.50. The predicted molar refractivity (Wildman–Crippen MR) is 117 cm³/mol. The first kappa shape index (κ1) is 23.9. The van der Waals surface area contributed by atoms with E-state index in [0.717, 1.165) is 31.5 Å². The number of hydrogen-bond acceptors (Lipinski definition) is 3. The van der Waals surface area contributed by atoms with Crippen molar-refractivity contribution in [1.29, 1.82) is 0 Å². The van der Waals surface area contributed by atoms with Crippen LogP contribution in [0.2, 0.25) is 0 Å². The molecule has 0 unspecified atom stereocenters. The van der Waals surface area contributed by atoms with Crippen LogP contribution in [0.1, 0.15) is 47.0 Å². The summed E-state index contributed by atoms with van der Waals surface area (Å²) in [6.07, 6.45) is 3.92. The molecular weight excluding hydrogens is 413 g/mol. The fourth-order valence-electron chi connectivity index (χ4n) is 3.38. The molecular formula is C18H40IN5. The third kappa shape index (κ3) is 9.42. The van der Waals surface area contributed by atoms with Crippen molar-refractivity contribution in [2.75, 3.05) is 46.8 Å². The van der Waals surface area contributed by atoms with E-state index >= 15 is 0 Å². The lowest BCUT2D eigenvalue weighted by Crippen LogP contribution is -2.45. The molecule has 1 saturated heterocycles. The molecule has 1 aliphatic heterocycles. The number of rotatable bonds is 8. The molecule has 0 radical (unpaired) electrons. The highest BCUT2D eigenvalue weighted by Gasteiger charge is 2.16. The van der Waals surface area contributed by atoms with Crippen LogP contribution in [0.4, 0.5) is 0 Å². The van der Waals surface area contributed by atoms with Gasteiger partial charge in [-0.25, -0.2) is 0 Å². The zero-order valence-corrected chi connectivity index (χ0v) is 19.0. The van der Waals surface area contributed by atoms with Crippen molar-refractivity contribution < 1.29 is 0 Å². The van der Waals surface area contributed by atoms with E-state index in [1.165, 1.54) is 32.4 Å². The molecule has 0 aromatic carbocycles. The second kappa shape index (κ2) is 13.2. The number of guanidine groups is 1. The summed E-state index contributed by atoms with van der Waals surface area (Å²) in [7, 11) is 4.07. The van der Waals surface area contributed by atoms with E-state index in [9.17, 15) is 0 Å². The van der Waals surface area contributed by atoms with Crippen LogP contribution in [0.15, 0.2) is 4.99 Å². The second-order valence-corrected chi connectivity index (χ2v) is 7.39. The van der Waals surface area contributed by atoms with E-state index in [4.69, 9.17) is 0 Å². The molecule has 0 aromatic rings. The van der Waals surface area contributed by atoms with Crippen LogP contribution in [0, 0.1) is 5.92 Å². The smallest absolute Gasteiger partial charge is 0.191 e. The first-order valence-electron chi connectivity index (χ1n) is 9.32. The van der Waals surface area contributed by atoms with Gasteiger partial charge in [0.1, 0.15) is 0 Å². The van der Waals surface area contributed by atoms with Gasteiger partial charge in [0.05, 0.1) is 0 Å². The largest absolute Gasteiger partial charge is 0.356 e. The first-order chi connectivity index (χ1) is 10.9. The maximum absolute atomic E-state index is 4.34. The van der Waals surface area contributed by atoms with Crippen LogP contribution in [0.5, 0.6) is 0 Å². The van der Waals surface area contributed by atoms with Gasteiger partial charge in [-0.3, -0.25) is 9.89 Å². The summed E-state index contributed by atoms with van der Waals surface area (Å²) in [4.78, 5) is 9.27. The Bertz CT molecular complexity index is 330. The van der Waals surface area contributed by atoms with Gasteiger partial charge in [-0.1, -0.05) is 0 Å². The lowest BCUT2D eigenvalue weighted by atomic mass is 9.94. The normalized spacial score (nSPS) is 17.5. The Kier molecular flexibility index (Phi) is 13.1. The molecule has 2 N–H and O–H groups in total. The maximum Gasteiger partial charge on any atom is 0.191 e. The third-order valence-electron chi connectivity index (χ3n) is 4.90. The van der Waals surface area contributed by atoms with Gasteiger partial charge in [-0.2, -0.15) is 0 Å². The van der Waals surface area contributed by atoms with Crippen molar-refractivity contribution in [1.82, 2.24) is 20.4 Å². The second-order valence-electron chi connectivity index (χ2n) is 7.39. The highest BCUT2D eigenvalue weighted by atomic mass is 127. The minimum absolute atomic E-state index is 0. The summed E-state index contributed by atoms with van der Waals surface area (Å²) in [5, 5.41) is 6.91.